The fourth-order valence-corrected chi connectivity index (χ4v) is 4.87. The SMILES string of the molecule is CC(C)C[C@H](NC(=O)c1ccccc1Cl)c1nnc(SCC(=O)Nc2ccc3ccccc3c2)n1C. The van der Waals surface area contributed by atoms with E-state index in [4.69, 9.17) is 11.6 Å². The van der Waals surface area contributed by atoms with E-state index in [-0.39, 0.29) is 23.6 Å². The minimum Gasteiger partial charge on any atom is -0.342 e. The van der Waals surface area contributed by atoms with E-state index in [1.54, 1.807) is 24.3 Å². The summed E-state index contributed by atoms with van der Waals surface area (Å²) >= 11 is 7.51. The molecule has 0 saturated carbocycles. The molecule has 0 radical (unpaired) electrons. The monoisotopic (exact) mass is 521 g/mol. The van der Waals surface area contributed by atoms with Crippen molar-refractivity contribution in [3.8, 4) is 0 Å². The van der Waals surface area contributed by atoms with Crippen LogP contribution in [-0.4, -0.2) is 32.3 Å². The number of carbonyl (C=O) groups is 2. The number of hydrogen-bond acceptors (Lipinski definition) is 5. The van der Waals surface area contributed by atoms with Gasteiger partial charge in [-0.1, -0.05) is 79.7 Å². The maximum absolute atomic E-state index is 12.9. The van der Waals surface area contributed by atoms with Crippen LogP contribution in [0.5, 0.6) is 0 Å². The first kappa shape index (κ1) is 25.7. The van der Waals surface area contributed by atoms with Crippen LogP contribution in [0.3, 0.4) is 0 Å². The Morgan fingerprint density at radius 3 is 2.47 bits per heavy atom. The Morgan fingerprint density at radius 1 is 1.00 bits per heavy atom. The minimum atomic E-state index is -0.355. The van der Waals surface area contributed by atoms with Crippen molar-refractivity contribution < 1.29 is 9.59 Å². The predicted molar refractivity (Wildman–Crippen MR) is 145 cm³/mol. The predicted octanol–water partition coefficient (Wildman–Crippen LogP) is 5.87. The van der Waals surface area contributed by atoms with Crippen LogP contribution in [0.25, 0.3) is 10.8 Å². The largest absolute Gasteiger partial charge is 0.342 e. The Morgan fingerprint density at radius 2 is 1.72 bits per heavy atom. The lowest BCUT2D eigenvalue weighted by atomic mass is 10.0. The molecule has 7 nitrogen and oxygen atoms in total. The van der Waals surface area contributed by atoms with Gasteiger partial charge in [0.25, 0.3) is 5.91 Å². The summed E-state index contributed by atoms with van der Waals surface area (Å²) in [5.41, 5.74) is 1.16. The number of thioether (sulfide) groups is 1. The maximum Gasteiger partial charge on any atom is 0.253 e. The van der Waals surface area contributed by atoms with Crippen molar-refractivity contribution in [3.63, 3.8) is 0 Å². The zero-order chi connectivity index (χ0) is 25.7. The summed E-state index contributed by atoms with van der Waals surface area (Å²) in [4.78, 5) is 25.5. The second-order valence-electron chi connectivity index (χ2n) is 8.93. The van der Waals surface area contributed by atoms with Crippen molar-refractivity contribution in [2.24, 2.45) is 13.0 Å². The Balaban J connectivity index is 1.42. The van der Waals surface area contributed by atoms with Crippen LogP contribution in [0.1, 0.15) is 42.5 Å². The normalized spacial score (nSPS) is 12.0. The number of halogens is 1. The van der Waals surface area contributed by atoms with Gasteiger partial charge in [0.1, 0.15) is 0 Å². The number of anilines is 1. The number of aromatic nitrogens is 3. The molecule has 0 spiro atoms. The van der Waals surface area contributed by atoms with Gasteiger partial charge < -0.3 is 15.2 Å². The van der Waals surface area contributed by atoms with Crippen molar-refractivity contribution in [1.29, 1.82) is 0 Å². The van der Waals surface area contributed by atoms with E-state index in [0.717, 1.165) is 16.5 Å². The fourth-order valence-electron chi connectivity index (χ4n) is 3.93. The highest BCUT2D eigenvalue weighted by molar-refractivity contribution is 7.99. The quantitative estimate of drug-likeness (QED) is 0.269. The molecule has 0 aliphatic heterocycles. The first-order valence-corrected chi connectivity index (χ1v) is 13.0. The van der Waals surface area contributed by atoms with E-state index in [0.29, 0.717) is 33.9 Å². The number of benzene rings is 3. The van der Waals surface area contributed by atoms with Gasteiger partial charge in [0.2, 0.25) is 5.91 Å². The Labute approximate surface area is 219 Å². The summed E-state index contributed by atoms with van der Waals surface area (Å²) in [6.45, 7) is 4.16. The molecule has 0 bridgehead atoms. The highest BCUT2D eigenvalue weighted by Crippen LogP contribution is 2.25. The van der Waals surface area contributed by atoms with Gasteiger partial charge in [-0.25, -0.2) is 0 Å². The number of nitrogens with zero attached hydrogens (tertiary/aromatic N) is 3. The Bertz CT molecular complexity index is 1390. The molecule has 0 aliphatic carbocycles. The molecule has 186 valence electrons. The smallest absolute Gasteiger partial charge is 0.253 e. The van der Waals surface area contributed by atoms with E-state index in [1.807, 2.05) is 54.1 Å². The van der Waals surface area contributed by atoms with Crippen molar-refractivity contribution in [3.05, 3.63) is 83.1 Å². The van der Waals surface area contributed by atoms with Crippen LogP contribution in [0.4, 0.5) is 5.69 Å². The van der Waals surface area contributed by atoms with Crippen LogP contribution in [0.15, 0.2) is 71.9 Å². The van der Waals surface area contributed by atoms with Gasteiger partial charge in [-0.3, -0.25) is 9.59 Å². The van der Waals surface area contributed by atoms with E-state index in [9.17, 15) is 9.59 Å². The molecule has 9 heteroatoms. The summed E-state index contributed by atoms with van der Waals surface area (Å²) in [5.74, 6) is 0.715. The van der Waals surface area contributed by atoms with Crippen LogP contribution in [-0.2, 0) is 11.8 Å². The number of hydrogen-bond donors (Lipinski definition) is 2. The van der Waals surface area contributed by atoms with Gasteiger partial charge in [-0.15, -0.1) is 10.2 Å². The molecule has 0 aliphatic rings. The average molecular weight is 522 g/mol. The molecule has 2 amide bonds. The Hall–Kier alpha value is -3.36. The molecule has 0 unspecified atom stereocenters. The number of nitrogens with one attached hydrogen (secondary N) is 2. The molecule has 1 aromatic heterocycles. The number of rotatable bonds is 9. The third-order valence-corrected chi connectivity index (χ3v) is 7.03. The molecule has 2 N–H and O–H groups in total. The molecular weight excluding hydrogens is 494 g/mol. The molecule has 0 fully saturated rings. The molecule has 0 saturated heterocycles. The van der Waals surface area contributed by atoms with Crippen LogP contribution in [0, 0.1) is 5.92 Å². The number of fused-ring (bicyclic) bond motifs is 1. The fraction of sp³-hybridized carbons (Fsp3) is 0.259. The second kappa shape index (κ2) is 11.6. The van der Waals surface area contributed by atoms with Gasteiger partial charge in [-0.2, -0.15) is 0 Å². The highest BCUT2D eigenvalue weighted by Gasteiger charge is 2.24. The first-order chi connectivity index (χ1) is 17.3. The maximum atomic E-state index is 12.9. The highest BCUT2D eigenvalue weighted by atomic mass is 35.5. The molecule has 1 heterocycles. The summed E-state index contributed by atoms with van der Waals surface area (Å²) in [6, 6.07) is 20.4. The second-order valence-corrected chi connectivity index (χ2v) is 10.3. The van der Waals surface area contributed by atoms with Crippen molar-refractivity contribution >= 4 is 51.6 Å². The molecule has 36 heavy (non-hydrogen) atoms. The lowest BCUT2D eigenvalue weighted by Crippen LogP contribution is -2.31. The summed E-state index contributed by atoms with van der Waals surface area (Å²) in [7, 11) is 1.84. The van der Waals surface area contributed by atoms with E-state index >= 15 is 0 Å². The molecular formula is C27H28ClN5O2S. The van der Waals surface area contributed by atoms with Crippen LogP contribution >= 0.6 is 23.4 Å². The van der Waals surface area contributed by atoms with Crippen LogP contribution < -0.4 is 10.6 Å². The van der Waals surface area contributed by atoms with E-state index in [1.165, 1.54) is 11.8 Å². The lowest BCUT2D eigenvalue weighted by Gasteiger charge is -2.20. The van der Waals surface area contributed by atoms with Gasteiger partial charge >= 0.3 is 0 Å². The zero-order valence-electron chi connectivity index (χ0n) is 20.4. The lowest BCUT2D eigenvalue weighted by molar-refractivity contribution is -0.113. The van der Waals surface area contributed by atoms with Crippen molar-refractivity contribution in [1.82, 2.24) is 20.1 Å². The molecule has 1 atom stereocenters. The van der Waals surface area contributed by atoms with Gasteiger partial charge in [-0.05, 0) is 47.4 Å². The van der Waals surface area contributed by atoms with Gasteiger partial charge in [0, 0.05) is 12.7 Å². The topological polar surface area (TPSA) is 88.9 Å². The third kappa shape index (κ3) is 6.25. The van der Waals surface area contributed by atoms with Crippen molar-refractivity contribution in [2.45, 2.75) is 31.5 Å². The molecule has 3 aromatic carbocycles. The Kier molecular flexibility index (Phi) is 8.28. The summed E-state index contributed by atoms with van der Waals surface area (Å²) in [6.07, 6.45) is 0.676. The first-order valence-electron chi connectivity index (χ1n) is 11.7. The number of amides is 2. The zero-order valence-corrected chi connectivity index (χ0v) is 21.9. The number of carbonyl (C=O) groups excluding carboxylic acids is 2. The van der Waals surface area contributed by atoms with Gasteiger partial charge in [0.05, 0.1) is 22.4 Å². The van der Waals surface area contributed by atoms with E-state index < -0.39 is 0 Å². The third-order valence-electron chi connectivity index (χ3n) is 5.68. The molecule has 4 aromatic rings. The van der Waals surface area contributed by atoms with Crippen molar-refractivity contribution in [2.75, 3.05) is 11.1 Å². The van der Waals surface area contributed by atoms with E-state index in [2.05, 4.69) is 34.7 Å². The van der Waals surface area contributed by atoms with Gasteiger partial charge in [0.15, 0.2) is 11.0 Å². The molecule has 4 rings (SSSR count). The van der Waals surface area contributed by atoms with Crippen LogP contribution in [0.2, 0.25) is 5.02 Å². The average Bonchev–Trinajstić information content (AvgIpc) is 3.22. The summed E-state index contributed by atoms with van der Waals surface area (Å²) < 4.78 is 1.83. The summed E-state index contributed by atoms with van der Waals surface area (Å²) in [5, 5.41) is 17.8. The standard InChI is InChI=1S/C27H28ClN5O2S/c1-17(2)14-23(30-26(35)21-10-6-7-11-22(21)28)25-31-32-27(33(25)3)36-16-24(34)29-20-13-12-18-8-4-5-9-19(18)15-20/h4-13,15,17,23H,14,16H2,1-3H3,(H,29,34)(H,30,35)/t23-/m0/s1. The minimum absolute atomic E-state index is 0.134.